The predicted molar refractivity (Wildman–Crippen MR) is 88.0 cm³/mol. The van der Waals surface area contributed by atoms with Crippen LogP contribution in [0.5, 0.6) is 0 Å². The van der Waals surface area contributed by atoms with E-state index in [4.69, 9.17) is 4.74 Å². The highest BCUT2D eigenvalue weighted by atomic mass is 16.5. The van der Waals surface area contributed by atoms with Crippen LogP contribution in [-0.4, -0.2) is 44.6 Å². The summed E-state index contributed by atoms with van der Waals surface area (Å²) in [6.45, 7) is 6.53. The van der Waals surface area contributed by atoms with E-state index in [-0.39, 0.29) is 6.10 Å². The standard InChI is InChI=1S/C17H21N5O/c1-2-22-11-15(9-19-22)17-12-21(5-6-23-17)10-13-3-4-14-8-18-20-16(14)7-13/h3-4,7-9,11,17H,2,5-6,10,12H2,1H3,(H,18,20). The van der Waals surface area contributed by atoms with Gasteiger partial charge in [-0.05, 0) is 18.6 Å². The van der Waals surface area contributed by atoms with Gasteiger partial charge in [-0.25, -0.2) is 0 Å². The number of fused-ring (bicyclic) bond motifs is 1. The van der Waals surface area contributed by atoms with Crippen molar-refractivity contribution in [3.63, 3.8) is 0 Å². The summed E-state index contributed by atoms with van der Waals surface area (Å²) in [6.07, 6.45) is 5.98. The summed E-state index contributed by atoms with van der Waals surface area (Å²) in [6, 6.07) is 6.48. The van der Waals surface area contributed by atoms with Crippen LogP contribution >= 0.6 is 0 Å². The summed E-state index contributed by atoms with van der Waals surface area (Å²) < 4.78 is 7.88. The van der Waals surface area contributed by atoms with E-state index in [0.29, 0.717) is 0 Å². The Hall–Kier alpha value is -2.18. The summed E-state index contributed by atoms with van der Waals surface area (Å²) in [5, 5.41) is 12.6. The van der Waals surface area contributed by atoms with E-state index in [9.17, 15) is 0 Å². The smallest absolute Gasteiger partial charge is 0.0982 e. The second kappa shape index (κ2) is 6.14. The molecule has 1 unspecified atom stereocenters. The summed E-state index contributed by atoms with van der Waals surface area (Å²) in [4.78, 5) is 2.44. The zero-order valence-electron chi connectivity index (χ0n) is 13.3. The summed E-state index contributed by atoms with van der Waals surface area (Å²) >= 11 is 0. The van der Waals surface area contributed by atoms with Gasteiger partial charge in [0, 0.05) is 43.3 Å². The normalized spacial score (nSPS) is 19.4. The largest absolute Gasteiger partial charge is 0.371 e. The van der Waals surface area contributed by atoms with Crippen LogP contribution in [0.1, 0.15) is 24.2 Å². The average molecular weight is 311 g/mol. The first-order chi connectivity index (χ1) is 11.3. The van der Waals surface area contributed by atoms with E-state index in [1.807, 2.05) is 17.1 Å². The summed E-state index contributed by atoms with van der Waals surface area (Å²) in [5.74, 6) is 0. The number of rotatable bonds is 4. The van der Waals surface area contributed by atoms with Crippen molar-refractivity contribution >= 4 is 10.9 Å². The van der Waals surface area contributed by atoms with Gasteiger partial charge in [-0.1, -0.05) is 12.1 Å². The van der Waals surface area contributed by atoms with Crippen molar-refractivity contribution in [2.45, 2.75) is 26.1 Å². The summed E-state index contributed by atoms with van der Waals surface area (Å²) in [5.41, 5.74) is 3.56. The first-order valence-corrected chi connectivity index (χ1v) is 8.10. The molecule has 2 aromatic heterocycles. The molecule has 1 atom stereocenters. The molecule has 23 heavy (non-hydrogen) atoms. The minimum atomic E-state index is 0.111. The SMILES string of the molecule is CCn1cc(C2CN(Cc3ccc4cn[nH]c4c3)CCO2)cn1. The molecule has 3 aromatic rings. The van der Waals surface area contributed by atoms with Gasteiger partial charge in [0.25, 0.3) is 0 Å². The molecule has 1 saturated heterocycles. The number of hydrogen-bond donors (Lipinski definition) is 1. The molecule has 1 aromatic carbocycles. The number of nitrogens with zero attached hydrogens (tertiary/aromatic N) is 4. The first-order valence-electron chi connectivity index (χ1n) is 8.10. The van der Waals surface area contributed by atoms with Crippen molar-refractivity contribution in [1.29, 1.82) is 0 Å². The van der Waals surface area contributed by atoms with Crippen LogP contribution in [0.15, 0.2) is 36.8 Å². The van der Waals surface area contributed by atoms with Gasteiger partial charge in [-0.15, -0.1) is 0 Å². The Morgan fingerprint density at radius 1 is 1.35 bits per heavy atom. The van der Waals surface area contributed by atoms with E-state index in [0.717, 1.165) is 43.7 Å². The Balaban J connectivity index is 1.46. The topological polar surface area (TPSA) is 59.0 Å². The number of benzene rings is 1. The van der Waals surface area contributed by atoms with Gasteiger partial charge in [-0.3, -0.25) is 14.7 Å². The van der Waals surface area contributed by atoms with Crippen LogP contribution in [0.25, 0.3) is 10.9 Å². The number of H-pyrrole nitrogens is 1. The molecule has 0 radical (unpaired) electrons. The molecular formula is C17H21N5O. The van der Waals surface area contributed by atoms with Crippen molar-refractivity contribution < 1.29 is 4.74 Å². The lowest BCUT2D eigenvalue weighted by Gasteiger charge is -2.32. The van der Waals surface area contributed by atoms with Crippen molar-refractivity contribution in [3.8, 4) is 0 Å². The molecule has 6 heteroatoms. The molecule has 0 bridgehead atoms. The number of aryl methyl sites for hydroxylation is 1. The van der Waals surface area contributed by atoms with Crippen LogP contribution in [0, 0.1) is 0 Å². The molecule has 0 amide bonds. The van der Waals surface area contributed by atoms with Crippen LogP contribution in [0.4, 0.5) is 0 Å². The fourth-order valence-corrected chi connectivity index (χ4v) is 3.11. The number of hydrogen-bond acceptors (Lipinski definition) is 4. The molecular weight excluding hydrogens is 290 g/mol. The third-order valence-electron chi connectivity index (χ3n) is 4.41. The van der Waals surface area contributed by atoms with Crippen LogP contribution in [0.2, 0.25) is 0 Å². The number of aromatic nitrogens is 4. The van der Waals surface area contributed by atoms with E-state index in [1.165, 1.54) is 11.1 Å². The highest BCUT2D eigenvalue weighted by molar-refractivity contribution is 5.78. The van der Waals surface area contributed by atoms with Gasteiger partial charge in [0.2, 0.25) is 0 Å². The minimum absolute atomic E-state index is 0.111. The van der Waals surface area contributed by atoms with Crippen LogP contribution in [0.3, 0.4) is 0 Å². The van der Waals surface area contributed by atoms with E-state index >= 15 is 0 Å². The Bertz CT molecular complexity index is 793. The molecule has 1 aliphatic heterocycles. The lowest BCUT2D eigenvalue weighted by molar-refractivity contribution is -0.0329. The zero-order valence-corrected chi connectivity index (χ0v) is 13.3. The molecule has 0 spiro atoms. The lowest BCUT2D eigenvalue weighted by atomic mass is 10.1. The Labute approximate surface area is 135 Å². The van der Waals surface area contributed by atoms with Crippen molar-refractivity contribution in [2.24, 2.45) is 0 Å². The second-order valence-electron chi connectivity index (χ2n) is 6.02. The van der Waals surface area contributed by atoms with E-state index in [2.05, 4.69) is 51.5 Å². The maximum atomic E-state index is 5.94. The molecule has 120 valence electrons. The van der Waals surface area contributed by atoms with Gasteiger partial charge in [0.1, 0.15) is 0 Å². The molecule has 1 aliphatic rings. The highest BCUT2D eigenvalue weighted by Gasteiger charge is 2.23. The Morgan fingerprint density at radius 3 is 3.17 bits per heavy atom. The molecule has 0 saturated carbocycles. The minimum Gasteiger partial charge on any atom is -0.371 e. The zero-order chi connectivity index (χ0) is 15.6. The molecule has 1 N–H and O–H groups in total. The van der Waals surface area contributed by atoms with Crippen LogP contribution < -0.4 is 0 Å². The van der Waals surface area contributed by atoms with Gasteiger partial charge in [0.05, 0.1) is 30.6 Å². The number of aromatic amines is 1. The second-order valence-corrected chi connectivity index (χ2v) is 6.02. The number of ether oxygens (including phenoxy) is 1. The van der Waals surface area contributed by atoms with Crippen molar-refractivity contribution in [3.05, 3.63) is 47.9 Å². The highest BCUT2D eigenvalue weighted by Crippen LogP contribution is 2.23. The third-order valence-corrected chi connectivity index (χ3v) is 4.41. The first kappa shape index (κ1) is 14.4. The molecule has 0 aliphatic carbocycles. The molecule has 1 fully saturated rings. The maximum Gasteiger partial charge on any atom is 0.0982 e. The van der Waals surface area contributed by atoms with Gasteiger partial charge in [0.15, 0.2) is 0 Å². The monoisotopic (exact) mass is 311 g/mol. The fraction of sp³-hybridized carbons (Fsp3) is 0.412. The lowest BCUT2D eigenvalue weighted by Crippen LogP contribution is -2.37. The fourth-order valence-electron chi connectivity index (χ4n) is 3.11. The van der Waals surface area contributed by atoms with Crippen molar-refractivity contribution in [2.75, 3.05) is 19.7 Å². The van der Waals surface area contributed by atoms with E-state index < -0.39 is 0 Å². The Morgan fingerprint density at radius 2 is 2.30 bits per heavy atom. The van der Waals surface area contributed by atoms with Gasteiger partial charge in [-0.2, -0.15) is 10.2 Å². The molecule has 6 nitrogen and oxygen atoms in total. The number of morpholine rings is 1. The van der Waals surface area contributed by atoms with Crippen molar-refractivity contribution in [1.82, 2.24) is 24.9 Å². The third kappa shape index (κ3) is 3.00. The van der Waals surface area contributed by atoms with Gasteiger partial charge < -0.3 is 4.74 Å². The molecule has 3 heterocycles. The Kier molecular flexibility index (Phi) is 3.85. The van der Waals surface area contributed by atoms with Gasteiger partial charge >= 0.3 is 0 Å². The maximum absolute atomic E-state index is 5.94. The molecule has 4 rings (SSSR count). The predicted octanol–water partition coefficient (Wildman–Crippen LogP) is 2.35. The van der Waals surface area contributed by atoms with E-state index in [1.54, 1.807) is 0 Å². The van der Waals surface area contributed by atoms with Crippen LogP contribution in [-0.2, 0) is 17.8 Å². The number of nitrogens with one attached hydrogen (secondary N) is 1. The average Bonchev–Trinajstić information content (AvgIpc) is 3.24. The summed E-state index contributed by atoms with van der Waals surface area (Å²) in [7, 11) is 0. The quantitative estimate of drug-likeness (QED) is 0.803.